The topological polar surface area (TPSA) is 55.8 Å². The van der Waals surface area contributed by atoms with E-state index in [0.29, 0.717) is 19.5 Å². The molecule has 2 rings (SSSR count). The van der Waals surface area contributed by atoms with Crippen LogP contribution in [0.5, 0.6) is 0 Å². The molecule has 2 aliphatic rings. The molecule has 2 amide bonds. The fourth-order valence-corrected chi connectivity index (χ4v) is 2.85. The third-order valence-corrected chi connectivity index (χ3v) is 4.21. The molecule has 122 valence electrons. The lowest BCUT2D eigenvalue weighted by molar-refractivity contribution is -0.143. The van der Waals surface area contributed by atoms with E-state index in [2.05, 4.69) is 5.32 Å². The van der Waals surface area contributed by atoms with Crippen LogP contribution >= 0.6 is 0 Å². The van der Waals surface area contributed by atoms with Crippen molar-refractivity contribution >= 4 is 6.03 Å². The van der Waals surface area contributed by atoms with Crippen molar-refractivity contribution in [2.45, 2.75) is 38.1 Å². The van der Waals surface area contributed by atoms with Crippen molar-refractivity contribution < 1.29 is 23.1 Å². The van der Waals surface area contributed by atoms with Crippen molar-refractivity contribution in [3.63, 3.8) is 0 Å². The van der Waals surface area contributed by atoms with E-state index in [0.717, 1.165) is 6.42 Å². The molecule has 3 unspecified atom stereocenters. The standard InChI is InChI=1S/C13H22F3N3O2/c1-9-2-5-19(7-11(9)20)12(21)17-10-3-4-18(6-10)8-13(14,15)16/h9-11,20H,2-8H2,1H3,(H,17,21). The monoisotopic (exact) mass is 309 g/mol. The van der Waals surface area contributed by atoms with Crippen LogP contribution in [0.15, 0.2) is 0 Å². The number of halogens is 3. The van der Waals surface area contributed by atoms with E-state index < -0.39 is 18.8 Å². The summed E-state index contributed by atoms with van der Waals surface area (Å²) in [5, 5.41) is 12.5. The van der Waals surface area contributed by atoms with Gasteiger partial charge in [-0.3, -0.25) is 4.90 Å². The maximum Gasteiger partial charge on any atom is 0.401 e. The first kappa shape index (κ1) is 16.4. The number of amides is 2. The van der Waals surface area contributed by atoms with Crippen molar-refractivity contribution in [1.82, 2.24) is 15.1 Å². The molecule has 21 heavy (non-hydrogen) atoms. The van der Waals surface area contributed by atoms with Crippen molar-refractivity contribution in [2.24, 2.45) is 5.92 Å². The van der Waals surface area contributed by atoms with Crippen LogP contribution in [-0.4, -0.2) is 72.0 Å². The molecular weight excluding hydrogens is 287 g/mol. The Morgan fingerprint density at radius 3 is 2.62 bits per heavy atom. The Hall–Kier alpha value is -1.02. The first-order chi connectivity index (χ1) is 9.74. The van der Waals surface area contributed by atoms with E-state index in [-0.39, 0.29) is 31.1 Å². The van der Waals surface area contributed by atoms with Crippen LogP contribution < -0.4 is 5.32 Å². The molecule has 0 radical (unpaired) electrons. The molecule has 0 aromatic carbocycles. The summed E-state index contributed by atoms with van der Waals surface area (Å²) in [5.41, 5.74) is 0. The smallest absolute Gasteiger partial charge is 0.391 e. The van der Waals surface area contributed by atoms with Crippen molar-refractivity contribution in [1.29, 1.82) is 0 Å². The van der Waals surface area contributed by atoms with Gasteiger partial charge in [0.25, 0.3) is 0 Å². The Labute approximate surface area is 122 Å². The van der Waals surface area contributed by atoms with Crippen LogP contribution in [0.4, 0.5) is 18.0 Å². The fourth-order valence-electron chi connectivity index (χ4n) is 2.85. The zero-order valence-corrected chi connectivity index (χ0v) is 12.1. The molecule has 0 aromatic rings. The van der Waals surface area contributed by atoms with E-state index in [1.54, 1.807) is 0 Å². The number of hydrogen-bond donors (Lipinski definition) is 2. The summed E-state index contributed by atoms with van der Waals surface area (Å²) in [6, 6.07) is -0.545. The third-order valence-electron chi connectivity index (χ3n) is 4.21. The largest absolute Gasteiger partial charge is 0.401 e. The summed E-state index contributed by atoms with van der Waals surface area (Å²) in [7, 11) is 0. The minimum atomic E-state index is -4.20. The van der Waals surface area contributed by atoms with Gasteiger partial charge in [0.2, 0.25) is 0 Å². The molecule has 5 nitrogen and oxygen atoms in total. The molecule has 0 saturated carbocycles. The summed E-state index contributed by atoms with van der Waals surface area (Å²) in [4.78, 5) is 14.9. The highest BCUT2D eigenvalue weighted by Crippen LogP contribution is 2.21. The van der Waals surface area contributed by atoms with E-state index in [1.807, 2.05) is 6.92 Å². The lowest BCUT2D eigenvalue weighted by Gasteiger charge is -2.34. The predicted octanol–water partition coefficient (Wildman–Crippen LogP) is 1.04. The Balaban J connectivity index is 1.76. The number of rotatable bonds is 2. The second kappa shape index (κ2) is 6.39. The molecule has 2 saturated heterocycles. The van der Waals surface area contributed by atoms with E-state index in [4.69, 9.17) is 0 Å². The van der Waals surface area contributed by atoms with Gasteiger partial charge in [-0.2, -0.15) is 13.2 Å². The highest BCUT2D eigenvalue weighted by Gasteiger charge is 2.35. The Morgan fingerprint density at radius 2 is 2.00 bits per heavy atom. The number of aliphatic hydroxyl groups is 1. The van der Waals surface area contributed by atoms with Crippen LogP contribution in [0.1, 0.15) is 19.8 Å². The average Bonchev–Trinajstić information content (AvgIpc) is 2.77. The second-order valence-electron chi connectivity index (χ2n) is 6.06. The average molecular weight is 309 g/mol. The number of urea groups is 1. The number of hydrogen-bond acceptors (Lipinski definition) is 3. The number of carbonyl (C=O) groups is 1. The summed E-state index contributed by atoms with van der Waals surface area (Å²) < 4.78 is 36.9. The molecule has 2 fully saturated rings. The Kier molecular flexibility index (Phi) is 4.98. The SMILES string of the molecule is CC1CCN(C(=O)NC2CCN(CC(F)(F)F)C2)CC1O. The van der Waals surface area contributed by atoms with Crippen LogP contribution in [0.2, 0.25) is 0 Å². The van der Waals surface area contributed by atoms with Gasteiger partial charge in [-0.1, -0.05) is 6.92 Å². The van der Waals surface area contributed by atoms with Crippen LogP contribution in [0.3, 0.4) is 0 Å². The van der Waals surface area contributed by atoms with Crippen molar-refractivity contribution in [3.05, 3.63) is 0 Å². The summed E-state index contributed by atoms with van der Waals surface area (Å²) >= 11 is 0. The third kappa shape index (κ3) is 4.74. The molecule has 2 heterocycles. The molecule has 8 heteroatoms. The maximum atomic E-state index is 12.3. The molecule has 0 bridgehead atoms. The number of carbonyl (C=O) groups excluding carboxylic acids is 1. The lowest BCUT2D eigenvalue weighted by Crippen LogP contribution is -2.52. The maximum absolute atomic E-state index is 12.3. The van der Waals surface area contributed by atoms with Crippen molar-refractivity contribution in [3.8, 4) is 0 Å². The van der Waals surface area contributed by atoms with Gasteiger partial charge >= 0.3 is 12.2 Å². The van der Waals surface area contributed by atoms with Gasteiger partial charge in [-0.05, 0) is 18.8 Å². The zero-order valence-electron chi connectivity index (χ0n) is 12.1. The van der Waals surface area contributed by atoms with Gasteiger partial charge in [0.1, 0.15) is 0 Å². The van der Waals surface area contributed by atoms with Gasteiger partial charge < -0.3 is 15.3 Å². The number of β-amino-alcohol motifs (C(OH)–C–C–N with tert-alkyl or cyclic N) is 1. The van der Waals surface area contributed by atoms with Crippen LogP contribution in [0.25, 0.3) is 0 Å². The number of nitrogens with one attached hydrogen (secondary N) is 1. The molecule has 2 aliphatic heterocycles. The number of aliphatic hydroxyl groups excluding tert-OH is 1. The second-order valence-corrected chi connectivity index (χ2v) is 6.06. The predicted molar refractivity (Wildman–Crippen MR) is 70.8 cm³/mol. The minimum absolute atomic E-state index is 0.169. The number of nitrogens with zero attached hydrogens (tertiary/aromatic N) is 2. The molecular formula is C13H22F3N3O2. The zero-order chi connectivity index (χ0) is 15.6. The number of alkyl halides is 3. The minimum Gasteiger partial charge on any atom is -0.391 e. The normalized spacial score (nSPS) is 31.5. The van der Waals surface area contributed by atoms with Crippen molar-refractivity contribution in [2.75, 3.05) is 32.7 Å². The van der Waals surface area contributed by atoms with Gasteiger partial charge in [-0.25, -0.2) is 4.79 Å². The molecule has 3 atom stereocenters. The van der Waals surface area contributed by atoms with Gasteiger partial charge in [0, 0.05) is 32.2 Å². The van der Waals surface area contributed by atoms with Crippen LogP contribution in [0, 0.1) is 5.92 Å². The van der Waals surface area contributed by atoms with Gasteiger partial charge in [0.15, 0.2) is 0 Å². The van der Waals surface area contributed by atoms with Gasteiger partial charge in [0.05, 0.1) is 12.6 Å². The van der Waals surface area contributed by atoms with E-state index in [9.17, 15) is 23.1 Å². The lowest BCUT2D eigenvalue weighted by atomic mass is 9.96. The van der Waals surface area contributed by atoms with Gasteiger partial charge in [-0.15, -0.1) is 0 Å². The quantitative estimate of drug-likeness (QED) is 0.801. The molecule has 2 N–H and O–H groups in total. The highest BCUT2D eigenvalue weighted by atomic mass is 19.4. The molecule has 0 aliphatic carbocycles. The number of likely N-dealkylation sites (tertiary alicyclic amines) is 2. The first-order valence-corrected chi connectivity index (χ1v) is 7.27. The Bertz CT molecular complexity index is 378. The first-order valence-electron chi connectivity index (χ1n) is 7.27. The Morgan fingerprint density at radius 1 is 1.29 bits per heavy atom. The van der Waals surface area contributed by atoms with E-state index >= 15 is 0 Å². The molecule has 0 spiro atoms. The summed E-state index contributed by atoms with van der Waals surface area (Å²) in [6.07, 6.45) is -3.48. The summed E-state index contributed by atoms with van der Waals surface area (Å²) in [6.45, 7) is 2.42. The fraction of sp³-hybridized carbons (Fsp3) is 0.923. The van der Waals surface area contributed by atoms with E-state index in [1.165, 1.54) is 9.80 Å². The van der Waals surface area contributed by atoms with Crippen LogP contribution in [-0.2, 0) is 0 Å². The number of piperidine rings is 1. The summed E-state index contributed by atoms with van der Waals surface area (Å²) in [5.74, 6) is 0.169. The molecule has 0 aromatic heterocycles. The highest BCUT2D eigenvalue weighted by molar-refractivity contribution is 5.74.